The third-order valence-corrected chi connectivity index (χ3v) is 3.85. The highest BCUT2D eigenvalue weighted by molar-refractivity contribution is 5.96. The van der Waals surface area contributed by atoms with Gasteiger partial charge in [-0.1, -0.05) is 5.16 Å². The van der Waals surface area contributed by atoms with Crippen LogP contribution in [0.25, 0.3) is 0 Å². The SMILES string of the molecule is Cc1cc(OC2CCN(C(=O)c3c(C)noc3C)C2)cc(=O)o1. The molecule has 1 saturated heterocycles. The zero-order chi connectivity index (χ0) is 16.6. The molecule has 3 heterocycles. The van der Waals surface area contributed by atoms with Crippen LogP contribution in [-0.4, -0.2) is 35.2 Å². The minimum atomic E-state index is -0.443. The lowest BCUT2D eigenvalue weighted by Gasteiger charge is -2.17. The molecule has 2 aromatic rings. The lowest BCUT2D eigenvalue weighted by Crippen LogP contribution is -2.31. The molecule has 2 aromatic heterocycles. The number of ether oxygens (including phenoxy) is 1. The number of amides is 1. The Hall–Kier alpha value is -2.57. The van der Waals surface area contributed by atoms with Crippen molar-refractivity contribution in [1.29, 1.82) is 0 Å². The van der Waals surface area contributed by atoms with E-state index in [9.17, 15) is 9.59 Å². The Balaban J connectivity index is 1.69. The number of hydrogen-bond donors (Lipinski definition) is 0. The molecule has 7 heteroatoms. The largest absolute Gasteiger partial charge is 0.488 e. The molecule has 23 heavy (non-hydrogen) atoms. The maximum absolute atomic E-state index is 12.6. The van der Waals surface area contributed by atoms with Gasteiger partial charge in [0.05, 0.1) is 18.3 Å². The molecule has 1 aliphatic heterocycles. The van der Waals surface area contributed by atoms with Gasteiger partial charge in [-0.2, -0.15) is 0 Å². The molecule has 1 atom stereocenters. The van der Waals surface area contributed by atoms with Crippen molar-refractivity contribution in [2.24, 2.45) is 0 Å². The van der Waals surface area contributed by atoms with Crippen molar-refractivity contribution >= 4 is 5.91 Å². The molecule has 7 nitrogen and oxygen atoms in total. The fourth-order valence-corrected chi connectivity index (χ4v) is 2.79. The highest BCUT2D eigenvalue weighted by Crippen LogP contribution is 2.22. The van der Waals surface area contributed by atoms with Crippen molar-refractivity contribution in [2.75, 3.05) is 13.1 Å². The number of aromatic nitrogens is 1. The monoisotopic (exact) mass is 318 g/mol. The second kappa shape index (κ2) is 5.91. The Morgan fingerprint density at radius 3 is 2.78 bits per heavy atom. The van der Waals surface area contributed by atoms with E-state index < -0.39 is 5.63 Å². The second-order valence-electron chi connectivity index (χ2n) is 5.70. The standard InChI is InChI=1S/C16H18N2O5/c1-9-6-13(7-14(19)21-9)22-12-4-5-18(8-12)16(20)15-10(2)17-23-11(15)3/h6-7,12H,4-5,8H2,1-3H3. The summed E-state index contributed by atoms with van der Waals surface area (Å²) in [6.07, 6.45) is 0.551. The average Bonchev–Trinajstić information content (AvgIpc) is 3.04. The minimum absolute atomic E-state index is 0.101. The predicted octanol–water partition coefficient (Wildman–Crippen LogP) is 1.85. The first-order valence-electron chi connectivity index (χ1n) is 7.44. The van der Waals surface area contributed by atoms with Crippen LogP contribution < -0.4 is 10.4 Å². The van der Waals surface area contributed by atoms with E-state index >= 15 is 0 Å². The number of carbonyl (C=O) groups is 1. The molecule has 1 aliphatic rings. The van der Waals surface area contributed by atoms with Crippen LogP contribution >= 0.6 is 0 Å². The van der Waals surface area contributed by atoms with E-state index in [0.29, 0.717) is 48.0 Å². The van der Waals surface area contributed by atoms with E-state index in [1.54, 1.807) is 31.7 Å². The van der Waals surface area contributed by atoms with E-state index in [1.807, 2.05) is 0 Å². The quantitative estimate of drug-likeness (QED) is 0.858. The molecule has 1 amide bonds. The van der Waals surface area contributed by atoms with Gasteiger partial charge in [-0.05, 0) is 20.8 Å². The first-order valence-corrected chi connectivity index (χ1v) is 7.44. The zero-order valence-corrected chi connectivity index (χ0v) is 13.3. The Morgan fingerprint density at radius 1 is 1.35 bits per heavy atom. The Bertz CT molecular complexity index is 773. The normalized spacial score (nSPS) is 17.5. The van der Waals surface area contributed by atoms with Gasteiger partial charge >= 0.3 is 5.63 Å². The maximum atomic E-state index is 12.6. The number of carbonyl (C=O) groups excluding carboxylic acids is 1. The Morgan fingerprint density at radius 2 is 2.13 bits per heavy atom. The van der Waals surface area contributed by atoms with Crippen LogP contribution in [0.2, 0.25) is 0 Å². The Labute approximate surface area is 132 Å². The van der Waals surface area contributed by atoms with Crippen LogP contribution in [0.1, 0.15) is 34.0 Å². The molecule has 0 aromatic carbocycles. The molecule has 0 N–H and O–H groups in total. The van der Waals surface area contributed by atoms with Crippen molar-refractivity contribution in [3.8, 4) is 5.75 Å². The summed E-state index contributed by atoms with van der Waals surface area (Å²) in [4.78, 5) is 25.6. The van der Waals surface area contributed by atoms with Crippen molar-refractivity contribution < 1.29 is 18.5 Å². The highest BCUT2D eigenvalue weighted by Gasteiger charge is 2.31. The van der Waals surface area contributed by atoms with Gasteiger partial charge in [0.15, 0.2) is 0 Å². The molecule has 0 spiro atoms. The van der Waals surface area contributed by atoms with E-state index in [0.717, 1.165) is 0 Å². The van der Waals surface area contributed by atoms with Crippen molar-refractivity contribution in [1.82, 2.24) is 10.1 Å². The zero-order valence-electron chi connectivity index (χ0n) is 13.3. The maximum Gasteiger partial charge on any atom is 0.339 e. The molecule has 1 unspecified atom stereocenters. The van der Waals surface area contributed by atoms with Gasteiger partial charge in [0, 0.05) is 19.0 Å². The fourth-order valence-electron chi connectivity index (χ4n) is 2.79. The summed E-state index contributed by atoms with van der Waals surface area (Å²) in [5.74, 6) is 1.38. The third-order valence-electron chi connectivity index (χ3n) is 3.85. The molecule has 1 fully saturated rings. The van der Waals surface area contributed by atoms with Crippen LogP contribution in [0.4, 0.5) is 0 Å². The van der Waals surface area contributed by atoms with Gasteiger partial charge in [-0.3, -0.25) is 4.79 Å². The summed E-state index contributed by atoms with van der Waals surface area (Å²) in [6.45, 7) is 6.22. The first kappa shape index (κ1) is 15.3. The molecule has 122 valence electrons. The number of nitrogens with zero attached hydrogens (tertiary/aromatic N) is 2. The van der Waals surface area contributed by atoms with Gasteiger partial charge in [0.2, 0.25) is 0 Å². The van der Waals surface area contributed by atoms with Gasteiger partial charge in [-0.15, -0.1) is 0 Å². The third kappa shape index (κ3) is 3.13. The second-order valence-corrected chi connectivity index (χ2v) is 5.70. The first-order chi connectivity index (χ1) is 10.9. The van der Waals surface area contributed by atoms with E-state index in [-0.39, 0.29) is 12.0 Å². The predicted molar refractivity (Wildman–Crippen MR) is 80.6 cm³/mol. The molecule has 0 aliphatic carbocycles. The summed E-state index contributed by atoms with van der Waals surface area (Å²) in [5, 5.41) is 3.82. The van der Waals surface area contributed by atoms with Crippen LogP contribution in [0.3, 0.4) is 0 Å². The summed E-state index contributed by atoms with van der Waals surface area (Å²) in [7, 11) is 0. The lowest BCUT2D eigenvalue weighted by molar-refractivity contribution is 0.0769. The summed E-state index contributed by atoms with van der Waals surface area (Å²) in [5.41, 5.74) is 0.664. The number of rotatable bonds is 3. The van der Waals surface area contributed by atoms with E-state index in [1.165, 1.54) is 6.07 Å². The molecule has 0 bridgehead atoms. The van der Waals surface area contributed by atoms with Crippen molar-refractivity contribution in [3.05, 3.63) is 45.3 Å². The molecular formula is C16H18N2O5. The topological polar surface area (TPSA) is 85.8 Å². The molecule has 0 radical (unpaired) electrons. The fraction of sp³-hybridized carbons (Fsp3) is 0.438. The number of likely N-dealkylation sites (tertiary alicyclic amines) is 1. The van der Waals surface area contributed by atoms with Crippen LogP contribution in [0, 0.1) is 20.8 Å². The lowest BCUT2D eigenvalue weighted by atomic mass is 10.2. The van der Waals surface area contributed by atoms with Crippen LogP contribution in [0.15, 0.2) is 25.9 Å². The summed E-state index contributed by atoms with van der Waals surface area (Å²) >= 11 is 0. The Kier molecular flexibility index (Phi) is 3.94. The molecule has 3 rings (SSSR count). The molecular weight excluding hydrogens is 300 g/mol. The van der Waals surface area contributed by atoms with Crippen LogP contribution in [-0.2, 0) is 0 Å². The van der Waals surface area contributed by atoms with Crippen LogP contribution in [0.5, 0.6) is 5.75 Å². The van der Waals surface area contributed by atoms with Gasteiger partial charge < -0.3 is 18.6 Å². The number of aryl methyl sites for hydroxylation is 3. The van der Waals surface area contributed by atoms with E-state index in [2.05, 4.69) is 5.16 Å². The van der Waals surface area contributed by atoms with Gasteiger partial charge in [0.25, 0.3) is 5.91 Å². The minimum Gasteiger partial charge on any atom is -0.488 e. The average molecular weight is 318 g/mol. The highest BCUT2D eigenvalue weighted by atomic mass is 16.5. The van der Waals surface area contributed by atoms with Gasteiger partial charge in [-0.25, -0.2) is 4.79 Å². The number of hydrogen-bond acceptors (Lipinski definition) is 6. The van der Waals surface area contributed by atoms with E-state index in [4.69, 9.17) is 13.7 Å². The summed E-state index contributed by atoms with van der Waals surface area (Å²) < 4.78 is 15.8. The van der Waals surface area contributed by atoms with Crippen molar-refractivity contribution in [3.63, 3.8) is 0 Å². The summed E-state index contributed by atoms with van der Waals surface area (Å²) in [6, 6.07) is 2.98. The van der Waals surface area contributed by atoms with Gasteiger partial charge in [0.1, 0.15) is 28.9 Å². The molecule has 0 saturated carbocycles. The smallest absolute Gasteiger partial charge is 0.339 e. The van der Waals surface area contributed by atoms with Crippen molar-refractivity contribution in [2.45, 2.75) is 33.3 Å².